The van der Waals surface area contributed by atoms with E-state index in [9.17, 15) is 9.90 Å². The van der Waals surface area contributed by atoms with Crippen molar-refractivity contribution in [3.8, 4) is 22.7 Å². The van der Waals surface area contributed by atoms with Gasteiger partial charge in [0.25, 0.3) is 0 Å². The maximum absolute atomic E-state index is 11.7. The molecule has 0 unspecified atom stereocenters. The molecule has 2 aromatic carbocycles. The number of aromatic carboxylic acids is 1. The molecule has 1 aliphatic carbocycles. The molecule has 1 N–H and O–H groups in total. The predicted octanol–water partition coefficient (Wildman–Crippen LogP) is 4.73. The van der Waals surface area contributed by atoms with Crippen molar-refractivity contribution in [1.82, 2.24) is 4.57 Å². The van der Waals surface area contributed by atoms with Gasteiger partial charge < -0.3 is 14.4 Å². The molecule has 1 aromatic heterocycles. The highest BCUT2D eigenvalue weighted by Crippen LogP contribution is 2.35. The van der Waals surface area contributed by atoms with Crippen LogP contribution >= 0.6 is 0 Å². The number of aromatic nitrogens is 1. The van der Waals surface area contributed by atoms with E-state index in [0.717, 1.165) is 36.2 Å². The largest absolute Gasteiger partial charge is 0.496 e. The van der Waals surface area contributed by atoms with E-state index < -0.39 is 5.97 Å². The zero-order valence-electron chi connectivity index (χ0n) is 14.7. The smallest absolute Gasteiger partial charge is 0.339 e. The highest BCUT2D eigenvalue weighted by molar-refractivity contribution is 5.91. The van der Waals surface area contributed by atoms with Crippen LogP contribution < -0.4 is 4.74 Å². The van der Waals surface area contributed by atoms with Gasteiger partial charge in [0.15, 0.2) is 0 Å². The van der Waals surface area contributed by atoms with Crippen LogP contribution in [0.2, 0.25) is 0 Å². The normalized spacial score (nSPS) is 13.3. The zero-order valence-corrected chi connectivity index (χ0v) is 14.7. The summed E-state index contributed by atoms with van der Waals surface area (Å²) in [5.74, 6) is -0.602. The summed E-state index contributed by atoms with van der Waals surface area (Å²) in [4.78, 5) is 11.7. The maximum atomic E-state index is 11.7. The van der Waals surface area contributed by atoms with Crippen molar-refractivity contribution in [2.45, 2.75) is 25.7 Å². The third kappa shape index (κ3) is 2.77. The molecular formula is C22H21NO3. The van der Waals surface area contributed by atoms with E-state index in [0.29, 0.717) is 5.75 Å². The number of nitrogens with zero attached hydrogens (tertiary/aromatic N) is 1. The fourth-order valence-electron chi connectivity index (χ4n) is 3.82. The molecule has 0 aliphatic heterocycles. The minimum atomic E-state index is -0.981. The van der Waals surface area contributed by atoms with Crippen molar-refractivity contribution in [3.05, 3.63) is 71.4 Å². The average Bonchev–Trinajstić information content (AvgIpc) is 3.07. The average molecular weight is 347 g/mol. The lowest BCUT2D eigenvalue weighted by Gasteiger charge is -2.18. The van der Waals surface area contributed by atoms with E-state index in [1.165, 1.54) is 24.8 Å². The Kier molecular flexibility index (Phi) is 4.25. The van der Waals surface area contributed by atoms with Crippen molar-refractivity contribution in [2.75, 3.05) is 7.11 Å². The minimum absolute atomic E-state index is 0.183. The molecule has 0 saturated heterocycles. The van der Waals surface area contributed by atoms with Gasteiger partial charge in [0.05, 0.1) is 12.8 Å². The molecule has 26 heavy (non-hydrogen) atoms. The van der Waals surface area contributed by atoms with Gasteiger partial charge in [0.2, 0.25) is 0 Å². The molecule has 132 valence electrons. The molecule has 0 fully saturated rings. The van der Waals surface area contributed by atoms with Crippen molar-refractivity contribution in [1.29, 1.82) is 0 Å². The van der Waals surface area contributed by atoms with Gasteiger partial charge in [-0.1, -0.05) is 30.3 Å². The van der Waals surface area contributed by atoms with Gasteiger partial charge in [-0.25, -0.2) is 4.79 Å². The second-order valence-corrected chi connectivity index (χ2v) is 6.60. The number of hydrogen-bond donors (Lipinski definition) is 1. The topological polar surface area (TPSA) is 51.5 Å². The summed E-state index contributed by atoms with van der Waals surface area (Å²) in [5.41, 5.74) is 5.94. The number of rotatable bonds is 4. The predicted molar refractivity (Wildman–Crippen MR) is 101 cm³/mol. The zero-order chi connectivity index (χ0) is 18.1. The van der Waals surface area contributed by atoms with Crippen LogP contribution in [-0.2, 0) is 12.8 Å². The van der Waals surface area contributed by atoms with E-state index in [1.54, 1.807) is 12.1 Å². The Morgan fingerprint density at radius 3 is 2.54 bits per heavy atom. The lowest BCUT2D eigenvalue weighted by atomic mass is 9.98. The van der Waals surface area contributed by atoms with Gasteiger partial charge in [0, 0.05) is 11.4 Å². The van der Waals surface area contributed by atoms with Crippen LogP contribution in [0.15, 0.2) is 54.6 Å². The molecule has 4 rings (SSSR count). The van der Waals surface area contributed by atoms with Gasteiger partial charge in [0.1, 0.15) is 11.3 Å². The van der Waals surface area contributed by atoms with Gasteiger partial charge in [-0.05, 0) is 61.1 Å². The Morgan fingerprint density at radius 1 is 1.04 bits per heavy atom. The number of methoxy groups -OCH3 is 1. The first-order valence-corrected chi connectivity index (χ1v) is 8.89. The van der Waals surface area contributed by atoms with Gasteiger partial charge in [-0.3, -0.25) is 0 Å². The molecule has 3 aromatic rings. The number of hydrogen-bond acceptors (Lipinski definition) is 2. The minimum Gasteiger partial charge on any atom is -0.496 e. The Balaban J connectivity index is 1.95. The lowest BCUT2D eigenvalue weighted by molar-refractivity contribution is 0.0693. The standard InChI is InChI=1S/C22H21NO3/c1-26-21-12-11-17(14-18(21)22(24)25)23-19-10-6-5-9-16(19)13-20(23)15-7-3-2-4-8-15/h2-4,7-8,11-14H,5-6,9-10H2,1H3,(H,24,25). The summed E-state index contributed by atoms with van der Waals surface area (Å²) >= 11 is 0. The lowest BCUT2D eigenvalue weighted by Crippen LogP contribution is -2.09. The van der Waals surface area contributed by atoms with E-state index in [1.807, 2.05) is 24.3 Å². The Labute approximate surface area is 152 Å². The number of ether oxygens (including phenoxy) is 1. The highest BCUT2D eigenvalue weighted by Gasteiger charge is 2.21. The fourth-order valence-corrected chi connectivity index (χ4v) is 3.82. The van der Waals surface area contributed by atoms with Crippen LogP contribution in [0.4, 0.5) is 0 Å². The SMILES string of the molecule is COc1ccc(-n2c(-c3ccccc3)cc3c2CCCC3)cc1C(=O)O. The molecule has 0 spiro atoms. The van der Waals surface area contributed by atoms with Crippen molar-refractivity contribution >= 4 is 5.97 Å². The highest BCUT2D eigenvalue weighted by atomic mass is 16.5. The molecule has 4 heteroatoms. The van der Waals surface area contributed by atoms with Crippen LogP contribution in [0.5, 0.6) is 5.75 Å². The molecule has 1 aliphatic rings. The van der Waals surface area contributed by atoms with Crippen LogP contribution in [0, 0.1) is 0 Å². The Hall–Kier alpha value is -3.01. The molecule has 1 heterocycles. The van der Waals surface area contributed by atoms with Crippen molar-refractivity contribution in [3.63, 3.8) is 0 Å². The summed E-state index contributed by atoms with van der Waals surface area (Å²) in [6.07, 6.45) is 4.45. The summed E-state index contributed by atoms with van der Waals surface area (Å²) in [6.45, 7) is 0. The third-order valence-corrected chi connectivity index (χ3v) is 5.04. The van der Waals surface area contributed by atoms with Crippen molar-refractivity contribution < 1.29 is 14.6 Å². The summed E-state index contributed by atoms with van der Waals surface area (Å²) in [5, 5.41) is 9.55. The van der Waals surface area contributed by atoms with Crippen LogP contribution in [-0.4, -0.2) is 22.8 Å². The second-order valence-electron chi connectivity index (χ2n) is 6.60. The van der Waals surface area contributed by atoms with Crippen LogP contribution in [0.25, 0.3) is 16.9 Å². The Morgan fingerprint density at radius 2 is 1.81 bits per heavy atom. The first kappa shape index (κ1) is 16.5. The molecule has 0 radical (unpaired) electrons. The molecule has 0 atom stereocenters. The van der Waals surface area contributed by atoms with E-state index in [2.05, 4.69) is 22.8 Å². The number of aryl methyl sites for hydroxylation is 1. The number of carbonyl (C=O) groups is 1. The second kappa shape index (κ2) is 6.71. The van der Waals surface area contributed by atoms with E-state index in [-0.39, 0.29) is 5.56 Å². The number of fused-ring (bicyclic) bond motifs is 1. The molecule has 4 nitrogen and oxygen atoms in total. The summed E-state index contributed by atoms with van der Waals surface area (Å²) in [6, 6.07) is 17.9. The quantitative estimate of drug-likeness (QED) is 0.742. The molecule has 0 amide bonds. The van der Waals surface area contributed by atoms with Crippen molar-refractivity contribution in [2.24, 2.45) is 0 Å². The fraction of sp³-hybridized carbons (Fsp3) is 0.227. The van der Waals surface area contributed by atoms with Gasteiger partial charge in [-0.2, -0.15) is 0 Å². The molecular weight excluding hydrogens is 326 g/mol. The molecule has 0 bridgehead atoms. The maximum Gasteiger partial charge on any atom is 0.339 e. The summed E-state index contributed by atoms with van der Waals surface area (Å²) < 4.78 is 7.43. The van der Waals surface area contributed by atoms with Gasteiger partial charge >= 0.3 is 5.97 Å². The molecule has 0 saturated carbocycles. The van der Waals surface area contributed by atoms with Crippen LogP contribution in [0.3, 0.4) is 0 Å². The third-order valence-electron chi connectivity index (χ3n) is 5.04. The van der Waals surface area contributed by atoms with Crippen LogP contribution in [0.1, 0.15) is 34.5 Å². The van der Waals surface area contributed by atoms with Gasteiger partial charge in [-0.15, -0.1) is 0 Å². The number of carboxylic acid groups (broad SMARTS) is 1. The number of benzene rings is 2. The monoisotopic (exact) mass is 347 g/mol. The number of carboxylic acids is 1. The first-order chi connectivity index (χ1) is 12.7. The van der Waals surface area contributed by atoms with E-state index >= 15 is 0 Å². The summed E-state index contributed by atoms with van der Waals surface area (Å²) in [7, 11) is 1.49. The van der Waals surface area contributed by atoms with E-state index in [4.69, 9.17) is 4.74 Å². The first-order valence-electron chi connectivity index (χ1n) is 8.89. The Bertz CT molecular complexity index is 957.